The van der Waals surface area contributed by atoms with Gasteiger partial charge in [0, 0.05) is 17.2 Å². The van der Waals surface area contributed by atoms with E-state index in [0.29, 0.717) is 29.2 Å². The summed E-state index contributed by atoms with van der Waals surface area (Å²) in [4.78, 5) is 12.4. The Morgan fingerprint density at radius 3 is 2.21 bits per heavy atom. The Kier molecular flexibility index (Phi) is 7.04. The predicted octanol–water partition coefficient (Wildman–Crippen LogP) is 4.00. The molecule has 0 fully saturated rings. The highest BCUT2D eigenvalue weighted by molar-refractivity contribution is 5.92. The maximum Gasteiger partial charge on any atom is 0.244 e. The van der Waals surface area contributed by atoms with Gasteiger partial charge in [0.05, 0.1) is 21.3 Å². The van der Waals surface area contributed by atoms with E-state index < -0.39 is 5.54 Å². The number of nitrogens with one attached hydrogen (secondary N) is 1. The second-order valence-corrected chi connectivity index (χ2v) is 6.93. The molecule has 6 heteroatoms. The fraction of sp³-hybridized carbons (Fsp3) is 0.318. The van der Waals surface area contributed by atoms with Crippen molar-refractivity contribution in [3.05, 3.63) is 59.4 Å². The molecule has 0 atom stereocenters. The molecule has 150 valence electrons. The summed E-state index contributed by atoms with van der Waals surface area (Å²) in [6.45, 7) is 3.83. The first kappa shape index (κ1) is 21.3. The van der Waals surface area contributed by atoms with E-state index in [1.165, 1.54) is 32.4 Å². The van der Waals surface area contributed by atoms with Crippen LogP contribution in [0, 0.1) is 5.82 Å². The van der Waals surface area contributed by atoms with Crippen LogP contribution in [0.3, 0.4) is 0 Å². The van der Waals surface area contributed by atoms with E-state index in [-0.39, 0.29) is 11.7 Å². The van der Waals surface area contributed by atoms with Crippen LogP contribution in [0.2, 0.25) is 0 Å². The monoisotopic (exact) mass is 387 g/mol. The fourth-order valence-electron chi connectivity index (χ4n) is 2.95. The zero-order chi connectivity index (χ0) is 20.7. The number of rotatable bonds is 8. The van der Waals surface area contributed by atoms with Gasteiger partial charge in [0.25, 0.3) is 0 Å². The van der Waals surface area contributed by atoms with Crippen molar-refractivity contribution in [2.75, 3.05) is 21.3 Å². The van der Waals surface area contributed by atoms with Crippen LogP contribution in [-0.2, 0) is 11.2 Å². The summed E-state index contributed by atoms with van der Waals surface area (Å²) in [6, 6.07) is 9.79. The lowest BCUT2D eigenvalue weighted by Crippen LogP contribution is -2.44. The molecule has 1 N–H and O–H groups in total. The number of hydrogen-bond acceptors (Lipinski definition) is 4. The normalized spacial score (nSPS) is 11.4. The lowest BCUT2D eigenvalue weighted by molar-refractivity contribution is -0.117. The summed E-state index contributed by atoms with van der Waals surface area (Å²) >= 11 is 0. The molecule has 0 unspecified atom stereocenters. The molecule has 0 radical (unpaired) electrons. The van der Waals surface area contributed by atoms with E-state index in [0.717, 1.165) is 5.56 Å². The van der Waals surface area contributed by atoms with E-state index in [9.17, 15) is 9.18 Å². The van der Waals surface area contributed by atoms with Crippen LogP contribution in [-0.4, -0.2) is 32.8 Å². The van der Waals surface area contributed by atoms with Gasteiger partial charge >= 0.3 is 0 Å². The van der Waals surface area contributed by atoms with Gasteiger partial charge in [-0.3, -0.25) is 4.79 Å². The number of methoxy groups -OCH3 is 3. The van der Waals surface area contributed by atoms with Gasteiger partial charge in [-0.25, -0.2) is 4.39 Å². The van der Waals surface area contributed by atoms with Gasteiger partial charge in [-0.15, -0.1) is 0 Å². The lowest BCUT2D eigenvalue weighted by Gasteiger charge is -2.25. The number of amides is 1. The zero-order valence-corrected chi connectivity index (χ0v) is 16.8. The Balaban J connectivity index is 2.11. The van der Waals surface area contributed by atoms with Crippen LogP contribution in [0.5, 0.6) is 17.2 Å². The molecular formula is C22H26FNO4. The predicted molar refractivity (Wildman–Crippen MR) is 107 cm³/mol. The third-order valence-electron chi connectivity index (χ3n) is 4.17. The molecule has 0 saturated heterocycles. The van der Waals surface area contributed by atoms with Gasteiger partial charge < -0.3 is 19.5 Å². The molecular weight excluding hydrogens is 361 g/mol. The standard InChI is InChI=1S/C22H26FNO4/c1-22(2,14-15-6-10-17(23)11-7-15)24-19(25)13-9-16-8-12-18(26-3)21(28-5)20(16)27-4/h6-13H,14H2,1-5H3,(H,24,25). The maximum atomic E-state index is 13.0. The van der Waals surface area contributed by atoms with Gasteiger partial charge in [0.2, 0.25) is 11.7 Å². The number of carbonyl (C=O) groups is 1. The molecule has 0 spiro atoms. The molecule has 0 aromatic heterocycles. The summed E-state index contributed by atoms with van der Waals surface area (Å²) in [5.41, 5.74) is 1.13. The number of benzene rings is 2. The Bertz CT molecular complexity index is 844. The Morgan fingerprint density at radius 1 is 1.00 bits per heavy atom. The van der Waals surface area contributed by atoms with Crippen molar-refractivity contribution in [3.8, 4) is 17.2 Å². The minimum absolute atomic E-state index is 0.246. The summed E-state index contributed by atoms with van der Waals surface area (Å²) in [6.07, 6.45) is 3.67. The minimum Gasteiger partial charge on any atom is -0.493 e. The van der Waals surface area contributed by atoms with Crippen molar-refractivity contribution in [3.63, 3.8) is 0 Å². The van der Waals surface area contributed by atoms with Crippen molar-refractivity contribution >= 4 is 12.0 Å². The Hall–Kier alpha value is -3.02. The highest BCUT2D eigenvalue weighted by atomic mass is 19.1. The summed E-state index contributed by atoms with van der Waals surface area (Å²) < 4.78 is 29.1. The first-order valence-electron chi connectivity index (χ1n) is 8.83. The highest BCUT2D eigenvalue weighted by Gasteiger charge is 2.20. The summed E-state index contributed by atoms with van der Waals surface area (Å²) in [5.74, 6) is 0.961. The van der Waals surface area contributed by atoms with E-state index >= 15 is 0 Å². The largest absolute Gasteiger partial charge is 0.493 e. The topological polar surface area (TPSA) is 56.8 Å². The molecule has 0 bridgehead atoms. The molecule has 5 nitrogen and oxygen atoms in total. The molecule has 0 aliphatic rings. The minimum atomic E-state index is -0.499. The number of carbonyl (C=O) groups excluding carboxylic acids is 1. The smallest absolute Gasteiger partial charge is 0.244 e. The van der Waals surface area contributed by atoms with Crippen LogP contribution in [0.4, 0.5) is 4.39 Å². The third kappa shape index (κ3) is 5.49. The molecule has 2 rings (SSSR count). The van der Waals surface area contributed by atoms with E-state index in [1.54, 1.807) is 37.5 Å². The fourth-order valence-corrected chi connectivity index (χ4v) is 2.95. The lowest BCUT2D eigenvalue weighted by atomic mass is 9.95. The van der Waals surface area contributed by atoms with Crippen LogP contribution >= 0.6 is 0 Å². The average Bonchev–Trinajstić information content (AvgIpc) is 2.66. The zero-order valence-electron chi connectivity index (χ0n) is 16.8. The van der Waals surface area contributed by atoms with Crippen LogP contribution in [0.25, 0.3) is 6.08 Å². The van der Waals surface area contributed by atoms with Crippen LogP contribution < -0.4 is 19.5 Å². The average molecular weight is 387 g/mol. The second-order valence-electron chi connectivity index (χ2n) is 6.93. The highest BCUT2D eigenvalue weighted by Crippen LogP contribution is 2.40. The Morgan fingerprint density at radius 2 is 1.64 bits per heavy atom. The van der Waals surface area contributed by atoms with Crippen molar-refractivity contribution in [2.45, 2.75) is 25.8 Å². The summed E-state index contributed by atoms with van der Waals surface area (Å²) in [7, 11) is 4.60. The molecule has 0 aliphatic carbocycles. The van der Waals surface area contributed by atoms with Crippen molar-refractivity contribution in [1.29, 1.82) is 0 Å². The molecule has 0 saturated carbocycles. The van der Waals surface area contributed by atoms with E-state index in [2.05, 4.69) is 5.32 Å². The van der Waals surface area contributed by atoms with E-state index in [4.69, 9.17) is 14.2 Å². The molecule has 1 amide bonds. The third-order valence-corrected chi connectivity index (χ3v) is 4.17. The first-order valence-corrected chi connectivity index (χ1v) is 8.83. The maximum absolute atomic E-state index is 13.0. The number of ether oxygens (including phenoxy) is 3. The molecule has 0 heterocycles. The second kappa shape index (κ2) is 9.26. The molecule has 28 heavy (non-hydrogen) atoms. The van der Waals surface area contributed by atoms with Gasteiger partial charge in [-0.05, 0) is 56.2 Å². The van der Waals surface area contributed by atoms with Gasteiger partial charge in [-0.1, -0.05) is 12.1 Å². The van der Waals surface area contributed by atoms with Gasteiger partial charge in [0.1, 0.15) is 5.82 Å². The molecule has 2 aromatic carbocycles. The van der Waals surface area contributed by atoms with Gasteiger partial charge in [0.15, 0.2) is 11.5 Å². The van der Waals surface area contributed by atoms with Crippen molar-refractivity contribution < 1.29 is 23.4 Å². The van der Waals surface area contributed by atoms with Crippen LogP contribution in [0.15, 0.2) is 42.5 Å². The quantitative estimate of drug-likeness (QED) is 0.696. The van der Waals surface area contributed by atoms with Crippen LogP contribution in [0.1, 0.15) is 25.0 Å². The molecule has 2 aromatic rings. The summed E-state index contributed by atoms with van der Waals surface area (Å²) in [5, 5.41) is 2.96. The molecule has 0 aliphatic heterocycles. The Labute approximate surface area is 165 Å². The first-order chi connectivity index (χ1) is 13.3. The van der Waals surface area contributed by atoms with E-state index in [1.807, 2.05) is 13.8 Å². The SMILES string of the molecule is COc1ccc(C=CC(=O)NC(C)(C)Cc2ccc(F)cc2)c(OC)c1OC. The van der Waals surface area contributed by atoms with Crippen molar-refractivity contribution in [2.24, 2.45) is 0 Å². The number of hydrogen-bond donors (Lipinski definition) is 1. The van der Waals surface area contributed by atoms with Crippen molar-refractivity contribution in [1.82, 2.24) is 5.32 Å². The number of halogens is 1. The van der Waals surface area contributed by atoms with Gasteiger partial charge in [-0.2, -0.15) is 0 Å².